The first-order valence-electron chi connectivity index (χ1n) is 7.99. The highest BCUT2D eigenvalue weighted by atomic mass is 15.3. The van der Waals surface area contributed by atoms with Crippen LogP contribution in [0.25, 0.3) is 0 Å². The average Bonchev–Trinajstić information content (AvgIpc) is 2.64. The van der Waals surface area contributed by atoms with Crippen molar-refractivity contribution in [2.24, 2.45) is 10.8 Å². The lowest BCUT2D eigenvalue weighted by Gasteiger charge is -2.20. The molecule has 0 aliphatic heterocycles. The summed E-state index contributed by atoms with van der Waals surface area (Å²) in [4.78, 5) is 4.75. The minimum absolute atomic E-state index is 0.0429. The number of rotatable bonds is 4. The number of hydrogen-bond acceptors (Lipinski definition) is 2. The Morgan fingerprint density at radius 2 is 1.29 bits per heavy atom. The molecule has 24 heavy (non-hydrogen) atoms. The van der Waals surface area contributed by atoms with E-state index >= 15 is 0 Å². The number of hydrazine groups is 1. The molecule has 0 radical (unpaired) electrons. The van der Waals surface area contributed by atoms with Crippen molar-refractivity contribution in [3.63, 3.8) is 0 Å². The fourth-order valence-electron chi connectivity index (χ4n) is 2.74. The van der Waals surface area contributed by atoms with Gasteiger partial charge in [-0.2, -0.15) is 0 Å². The average molecular weight is 315 g/mol. The maximum absolute atomic E-state index is 5.85. The monoisotopic (exact) mass is 315 g/mol. The van der Waals surface area contributed by atoms with Crippen molar-refractivity contribution in [1.82, 2.24) is 5.43 Å². The first-order valence-corrected chi connectivity index (χ1v) is 7.99. The third-order valence-corrected chi connectivity index (χ3v) is 3.97. The molecule has 0 amide bonds. The molecule has 3 rings (SSSR count). The van der Waals surface area contributed by atoms with Gasteiger partial charge in [-0.1, -0.05) is 78.4 Å². The molecule has 0 heterocycles. The second kappa shape index (κ2) is 7.57. The van der Waals surface area contributed by atoms with Gasteiger partial charge in [0.1, 0.15) is 5.84 Å². The van der Waals surface area contributed by atoms with Gasteiger partial charge < -0.3 is 5.43 Å². The highest BCUT2D eigenvalue weighted by Gasteiger charge is 2.20. The predicted octanol–water partition coefficient (Wildman–Crippen LogP) is 4.32. The lowest BCUT2D eigenvalue weighted by molar-refractivity contribution is 0.928. The minimum Gasteiger partial charge on any atom is -0.311 e. The van der Waals surface area contributed by atoms with Gasteiger partial charge in [0, 0.05) is 0 Å². The van der Waals surface area contributed by atoms with E-state index in [4.69, 9.17) is 10.8 Å². The molecule has 0 aliphatic carbocycles. The van der Waals surface area contributed by atoms with Crippen molar-refractivity contribution in [3.8, 4) is 0 Å². The summed E-state index contributed by atoms with van der Waals surface area (Å²) in [7, 11) is 0. The Hall–Kier alpha value is -2.91. The van der Waals surface area contributed by atoms with Crippen LogP contribution in [0.1, 0.15) is 22.6 Å². The first kappa shape index (κ1) is 16.0. The van der Waals surface area contributed by atoms with Crippen molar-refractivity contribution in [2.45, 2.75) is 12.8 Å². The van der Waals surface area contributed by atoms with E-state index in [0.717, 1.165) is 22.6 Å². The van der Waals surface area contributed by atoms with E-state index in [1.54, 1.807) is 0 Å². The normalized spacial score (nSPS) is 11.5. The number of nitrogens with two attached hydrogens (primary N) is 1. The summed E-state index contributed by atoms with van der Waals surface area (Å²) in [5.74, 6) is 6.52. The summed E-state index contributed by atoms with van der Waals surface area (Å²) in [6.07, 6.45) is 0. The molecule has 3 aromatic carbocycles. The van der Waals surface area contributed by atoms with Crippen molar-refractivity contribution in [1.29, 1.82) is 0 Å². The number of benzene rings is 3. The molecule has 0 aromatic heterocycles. The Bertz CT molecular complexity index is 754. The molecule has 3 heteroatoms. The molecule has 120 valence electrons. The van der Waals surface area contributed by atoms with E-state index in [0.29, 0.717) is 0 Å². The number of aryl methyl sites for hydroxylation is 1. The summed E-state index contributed by atoms with van der Waals surface area (Å²) >= 11 is 0. The van der Waals surface area contributed by atoms with Crippen molar-refractivity contribution < 1.29 is 0 Å². The molecule has 3 N–H and O–H groups in total. The third-order valence-electron chi connectivity index (χ3n) is 3.97. The van der Waals surface area contributed by atoms with Crippen LogP contribution >= 0.6 is 0 Å². The fourth-order valence-corrected chi connectivity index (χ4v) is 2.74. The van der Waals surface area contributed by atoms with Crippen LogP contribution in [0.4, 0.5) is 5.69 Å². The van der Waals surface area contributed by atoms with Gasteiger partial charge in [-0.3, -0.25) is 0 Å². The maximum atomic E-state index is 5.85. The molecule has 0 aliphatic rings. The summed E-state index contributed by atoms with van der Waals surface area (Å²) in [6, 6.07) is 28.6. The van der Waals surface area contributed by atoms with Crippen LogP contribution in [0.2, 0.25) is 0 Å². The predicted molar refractivity (Wildman–Crippen MR) is 100 cm³/mol. The van der Waals surface area contributed by atoms with E-state index in [1.807, 2.05) is 60.7 Å². The highest BCUT2D eigenvalue weighted by molar-refractivity contribution is 5.93. The zero-order valence-corrected chi connectivity index (χ0v) is 13.7. The number of nitrogens with one attached hydrogen (secondary N) is 1. The second-order valence-corrected chi connectivity index (χ2v) is 5.73. The highest BCUT2D eigenvalue weighted by Crippen LogP contribution is 2.27. The van der Waals surface area contributed by atoms with Crippen LogP contribution in [-0.2, 0) is 0 Å². The fraction of sp³-hybridized carbons (Fsp3) is 0.0952. The van der Waals surface area contributed by atoms with Gasteiger partial charge in [0.05, 0.1) is 11.6 Å². The van der Waals surface area contributed by atoms with Crippen LogP contribution in [0.15, 0.2) is 89.9 Å². The van der Waals surface area contributed by atoms with Gasteiger partial charge in [0.2, 0.25) is 0 Å². The number of hydrogen-bond donors (Lipinski definition) is 2. The van der Waals surface area contributed by atoms with Crippen molar-refractivity contribution in [3.05, 3.63) is 102 Å². The minimum atomic E-state index is -0.0429. The molecule has 3 nitrogen and oxygen atoms in total. The largest absolute Gasteiger partial charge is 0.311 e. The number of amidine groups is 1. The SMILES string of the molecule is Cc1ccc(N=C(NN)C(c2ccccc2)c2ccccc2)cc1. The standard InChI is InChI=1S/C21H21N3/c1-16-12-14-19(15-13-16)23-21(24-22)20(17-8-4-2-5-9-17)18-10-6-3-7-11-18/h2-15,20H,22H2,1H3,(H,23,24). The van der Waals surface area contributed by atoms with E-state index in [-0.39, 0.29) is 5.92 Å². The quantitative estimate of drug-likeness (QED) is 0.326. The summed E-state index contributed by atoms with van der Waals surface area (Å²) in [6.45, 7) is 2.06. The summed E-state index contributed by atoms with van der Waals surface area (Å²) in [5, 5.41) is 0. The van der Waals surface area contributed by atoms with Gasteiger partial charge in [-0.05, 0) is 30.2 Å². The van der Waals surface area contributed by atoms with Crippen LogP contribution in [-0.4, -0.2) is 5.84 Å². The zero-order valence-electron chi connectivity index (χ0n) is 13.7. The molecule has 0 bridgehead atoms. The van der Waals surface area contributed by atoms with E-state index < -0.39 is 0 Å². The van der Waals surface area contributed by atoms with Crippen molar-refractivity contribution >= 4 is 11.5 Å². The Morgan fingerprint density at radius 1 is 0.792 bits per heavy atom. The van der Waals surface area contributed by atoms with Crippen LogP contribution in [0, 0.1) is 6.92 Å². The Morgan fingerprint density at radius 3 is 1.75 bits per heavy atom. The Labute approximate surface area is 142 Å². The Balaban J connectivity index is 2.07. The topological polar surface area (TPSA) is 50.4 Å². The van der Waals surface area contributed by atoms with E-state index in [1.165, 1.54) is 5.56 Å². The van der Waals surface area contributed by atoms with E-state index in [2.05, 4.69) is 36.6 Å². The van der Waals surface area contributed by atoms with Gasteiger partial charge in [0.15, 0.2) is 0 Å². The second-order valence-electron chi connectivity index (χ2n) is 5.73. The van der Waals surface area contributed by atoms with Gasteiger partial charge in [-0.15, -0.1) is 0 Å². The van der Waals surface area contributed by atoms with Crippen LogP contribution < -0.4 is 11.3 Å². The van der Waals surface area contributed by atoms with Crippen LogP contribution in [0.3, 0.4) is 0 Å². The first-order chi connectivity index (χ1) is 11.8. The molecule has 0 fully saturated rings. The van der Waals surface area contributed by atoms with E-state index in [9.17, 15) is 0 Å². The maximum Gasteiger partial charge on any atom is 0.128 e. The number of nitrogens with zero attached hydrogens (tertiary/aromatic N) is 1. The molecular weight excluding hydrogens is 294 g/mol. The van der Waals surface area contributed by atoms with Gasteiger partial charge in [0.25, 0.3) is 0 Å². The van der Waals surface area contributed by atoms with Crippen LogP contribution in [0.5, 0.6) is 0 Å². The molecule has 0 saturated heterocycles. The van der Waals surface area contributed by atoms with Crippen molar-refractivity contribution in [2.75, 3.05) is 0 Å². The molecule has 0 spiro atoms. The lowest BCUT2D eigenvalue weighted by atomic mass is 9.90. The molecule has 0 saturated carbocycles. The third kappa shape index (κ3) is 3.70. The van der Waals surface area contributed by atoms with Gasteiger partial charge in [-0.25, -0.2) is 10.8 Å². The molecule has 0 unspecified atom stereocenters. The molecule has 3 aromatic rings. The number of aliphatic imine (C=N–C) groups is 1. The molecule has 0 atom stereocenters. The lowest BCUT2D eigenvalue weighted by Crippen LogP contribution is -2.35. The summed E-state index contributed by atoms with van der Waals surface area (Å²) in [5.41, 5.74) is 7.19. The smallest absolute Gasteiger partial charge is 0.128 e. The van der Waals surface area contributed by atoms with Gasteiger partial charge >= 0.3 is 0 Å². The Kier molecular flexibility index (Phi) is 5.04. The zero-order chi connectivity index (χ0) is 16.8. The molecular formula is C21H21N3. The summed E-state index contributed by atoms with van der Waals surface area (Å²) < 4.78 is 0.